The number of rotatable bonds is 7. The summed E-state index contributed by atoms with van der Waals surface area (Å²) >= 11 is 0. The van der Waals surface area contributed by atoms with Crippen molar-refractivity contribution in [2.45, 2.75) is 20.0 Å². The summed E-state index contributed by atoms with van der Waals surface area (Å²) in [4.78, 5) is 4.40. The first-order valence-electron chi connectivity index (χ1n) is 7.91. The third kappa shape index (κ3) is 4.99. The van der Waals surface area contributed by atoms with E-state index in [2.05, 4.69) is 22.4 Å². The zero-order valence-electron chi connectivity index (χ0n) is 14.5. The molecule has 0 heterocycles. The summed E-state index contributed by atoms with van der Waals surface area (Å²) < 4.78 is 10.5. The highest BCUT2D eigenvalue weighted by Gasteiger charge is 2.03. The lowest BCUT2D eigenvalue weighted by molar-refractivity contribution is 0.185. The van der Waals surface area contributed by atoms with Crippen LogP contribution in [-0.2, 0) is 17.8 Å². The molecule has 5 nitrogen and oxygen atoms in total. The molecule has 3 N–H and O–H groups in total. The van der Waals surface area contributed by atoms with E-state index in [1.54, 1.807) is 14.2 Å². The van der Waals surface area contributed by atoms with Crippen molar-refractivity contribution in [3.05, 3.63) is 59.2 Å². The maximum atomic E-state index is 5.99. The van der Waals surface area contributed by atoms with E-state index in [0.717, 1.165) is 29.0 Å². The standard InChI is InChI=1S/C19H25N3O2/c1-14-8-9-15(12-18(14)24-3)10-11-21-19(20)22-17-7-5-4-6-16(17)13-23-2/h4-9,12H,10-11,13H2,1-3H3,(H3,20,21,22). The molecule has 0 fully saturated rings. The molecule has 0 unspecified atom stereocenters. The minimum Gasteiger partial charge on any atom is -0.496 e. The van der Waals surface area contributed by atoms with Gasteiger partial charge < -0.3 is 20.5 Å². The molecule has 0 saturated carbocycles. The molecule has 128 valence electrons. The lowest BCUT2D eigenvalue weighted by Crippen LogP contribution is -2.23. The van der Waals surface area contributed by atoms with Gasteiger partial charge in [0.15, 0.2) is 5.96 Å². The molecule has 0 radical (unpaired) electrons. The Hall–Kier alpha value is -2.53. The van der Waals surface area contributed by atoms with Crippen LogP contribution in [-0.4, -0.2) is 26.7 Å². The average molecular weight is 327 g/mol. The lowest BCUT2D eigenvalue weighted by Gasteiger charge is -2.11. The van der Waals surface area contributed by atoms with E-state index in [9.17, 15) is 0 Å². The molecular formula is C19H25N3O2. The van der Waals surface area contributed by atoms with E-state index < -0.39 is 0 Å². The molecule has 0 aliphatic carbocycles. The van der Waals surface area contributed by atoms with Crippen molar-refractivity contribution >= 4 is 11.6 Å². The Bertz CT molecular complexity index is 699. The maximum absolute atomic E-state index is 5.99. The Morgan fingerprint density at radius 3 is 2.71 bits per heavy atom. The highest BCUT2D eigenvalue weighted by atomic mass is 16.5. The number of aryl methyl sites for hydroxylation is 1. The van der Waals surface area contributed by atoms with Gasteiger partial charge in [-0.15, -0.1) is 0 Å². The van der Waals surface area contributed by atoms with Gasteiger partial charge in [-0.1, -0.05) is 30.3 Å². The second kappa shape index (κ2) is 8.93. The topological polar surface area (TPSA) is 68.9 Å². The van der Waals surface area contributed by atoms with Crippen LogP contribution in [0.25, 0.3) is 0 Å². The molecule has 24 heavy (non-hydrogen) atoms. The molecule has 0 aliphatic heterocycles. The fourth-order valence-corrected chi connectivity index (χ4v) is 2.43. The molecule has 0 bridgehead atoms. The fraction of sp³-hybridized carbons (Fsp3) is 0.316. The van der Waals surface area contributed by atoms with Crippen molar-refractivity contribution in [2.24, 2.45) is 10.7 Å². The van der Waals surface area contributed by atoms with Crippen molar-refractivity contribution in [2.75, 3.05) is 26.1 Å². The molecule has 0 saturated heterocycles. The van der Waals surface area contributed by atoms with E-state index >= 15 is 0 Å². The van der Waals surface area contributed by atoms with Crippen LogP contribution in [0.3, 0.4) is 0 Å². The molecular weight excluding hydrogens is 302 g/mol. The minimum absolute atomic E-state index is 0.401. The number of anilines is 1. The van der Waals surface area contributed by atoms with Crippen LogP contribution >= 0.6 is 0 Å². The Kier molecular flexibility index (Phi) is 6.63. The van der Waals surface area contributed by atoms with Gasteiger partial charge in [-0.3, -0.25) is 4.99 Å². The Morgan fingerprint density at radius 2 is 1.96 bits per heavy atom. The van der Waals surface area contributed by atoms with Crippen LogP contribution in [0.4, 0.5) is 5.69 Å². The van der Waals surface area contributed by atoms with E-state index in [0.29, 0.717) is 19.1 Å². The number of nitrogens with one attached hydrogen (secondary N) is 1. The first kappa shape index (κ1) is 17.8. The van der Waals surface area contributed by atoms with Crippen LogP contribution in [0.15, 0.2) is 47.5 Å². The number of methoxy groups -OCH3 is 2. The van der Waals surface area contributed by atoms with E-state index in [1.165, 1.54) is 5.56 Å². The molecule has 2 rings (SSSR count). The zero-order valence-corrected chi connectivity index (χ0v) is 14.5. The van der Waals surface area contributed by atoms with Crippen LogP contribution in [0.2, 0.25) is 0 Å². The van der Waals surface area contributed by atoms with Gasteiger partial charge in [-0.2, -0.15) is 0 Å². The summed E-state index contributed by atoms with van der Waals surface area (Å²) in [6.45, 7) is 3.16. The fourth-order valence-electron chi connectivity index (χ4n) is 2.43. The number of hydrogen-bond acceptors (Lipinski definition) is 3. The molecule has 5 heteroatoms. The van der Waals surface area contributed by atoms with Crippen LogP contribution in [0, 0.1) is 6.92 Å². The number of para-hydroxylation sites is 1. The van der Waals surface area contributed by atoms with E-state index in [-0.39, 0.29) is 0 Å². The highest BCUT2D eigenvalue weighted by molar-refractivity contribution is 5.92. The van der Waals surface area contributed by atoms with Crippen LogP contribution < -0.4 is 15.8 Å². The first-order valence-corrected chi connectivity index (χ1v) is 7.91. The van der Waals surface area contributed by atoms with Gasteiger partial charge in [0.05, 0.1) is 13.7 Å². The van der Waals surface area contributed by atoms with Gasteiger partial charge >= 0.3 is 0 Å². The monoisotopic (exact) mass is 327 g/mol. The van der Waals surface area contributed by atoms with Gasteiger partial charge in [0, 0.05) is 24.9 Å². The summed E-state index contributed by atoms with van der Waals surface area (Å²) in [5.41, 5.74) is 10.2. The molecule has 0 atom stereocenters. The summed E-state index contributed by atoms with van der Waals surface area (Å²) in [6.07, 6.45) is 0.804. The Labute approximate surface area is 143 Å². The average Bonchev–Trinajstić information content (AvgIpc) is 2.58. The van der Waals surface area contributed by atoms with E-state index in [1.807, 2.05) is 37.3 Å². The molecule has 0 aromatic heterocycles. The van der Waals surface area contributed by atoms with Crippen molar-refractivity contribution < 1.29 is 9.47 Å². The van der Waals surface area contributed by atoms with Crippen molar-refractivity contribution in [3.8, 4) is 5.75 Å². The number of ether oxygens (including phenoxy) is 2. The predicted molar refractivity (Wildman–Crippen MR) is 98.7 cm³/mol. The summed E-state index contributed by atoms with van der Waals surface area (Å²) in [5, 5.41) is 3.14. The van der Waals surface area contributed by atoms with Gasteiger partial charge in [-0.05, 0) is 36.6 Å². The molecule has 2 aromatic rings. The number of benzene rings is 2. The summed E-state index contributed by atoms with van der Waals surface area (Å²) in [5.74, 6) is 1.30. The molecule has 2 aromatic carbocycles. The van der Waals surface area contributed by atoms with Gasteiger partial charge in [-0.25, -0.2) is 0 Å². The second-order valence-electron chi connectivity index (χ2n) is 5.54. The van der Waals surface area contributed by atoms with Crippen LogP contribution in [0.5, 0.6) is 5.75 Å². The number of hydrogen-bond donors (Lipinski definition) is 2. The number of guanidine groups is 1. The maximum Gasteiger partial charge on any atom is 0.193 e. The molecule has 0 aliphatic rings. The van der Waals surface area contributed by atoms with Crippen LogP contribution in [0.1, 0.15) is 16.7 Å². The third-order valence-electron chi connectivity index (χ3n) is 3.74. The number of nitrogens with zero attached hydrogens (tertiary/aromatic N) is 1. The van der Waals surface area contributed by atoms with Gasteiger partial charge in [0.1, 0.15) is 5.75 Å². The van der Waals surface area contributed by atoms with Crippen molar-refractivity contribution in [3.63, 3.8) is 0 Å². The first-order chi connectivity index (χ1) is 11.6. The number of aliphatic imine (C=N–C) groups is 1. The van der Waals surface area contributed by atoms with Crippen molar-refractivity contribution in [1.29, 1.82) is 0 Å². The Morgan fingerprint density at radius 1 is 1.17 bits per heavy atom. The summed E-state index contributed by atoms with van der Waals surface area (Å²) in [6, 6.07) is 14.1. The quantitative estimate of drug-likeness (QED) is 0.605. The SMILES string of the molecule is COCc1ccccc1NC(N)=NCCc1ccc(C)c(OC)c1. The zero-order chi connectivity index (χ0) is 17.4. The van der Waals surface area contributed by atoms with E-state index in [4.69, 9.17) is 15.2 Å². The smallest absolute Gasteiger partial charge is 0.193 e. The van der Waals surface area contributed by atoms with Crippen molar-refractivity contribution in [1.82, 2.24) is 0 Å². The normalized spacial score (nSPS) is 11.4. The second-order valence-corrected chi connectivity index (χ2v) is 5.54. The lowest BCUT2D eigenvalue weighted by atomic mass is 10.1. The molecule has 0 amide bonds. The Balaban J connectivity index is 1.95. The summed E-state index contributed by atoms with van der Waals surface area (Å²) in [7, 11) is 3.35. The number of nitrogens with two attached hydrogens (primary N) is 1. The predicted octanol–water partition coefficient (Wildman–Crippen LogP) is 3.12. The third-order valence-corrected chi connectivity index (χ3v) is 3.74. The highest BCUT2D eigenvalue weighted by Crippen LogP contribution is 2.19. The van der Waals surface area contributed by atoms with Gasteiger partial charge in [0.25, 0.3) is 0 Å². The minimum atomic E-state index is 0.401. The largest absolute Gasteiger partial charge is 0.496 e. The van der Waals surface area contributed by atoms with Gasteiger partial charge in [0.2, 0.25) is 0 Å². The molecule has 0 spiro atoms.